The summed E-state index contributed by atoms with van der Waals surface area (Å²) in [5.41, 5.74) is 1.74. The Labute approximate surface area is 101 Å². The number of nitrogens with zero attached hydrogens (tertiary/aromatic N) is 1. The minimum atomic E-state index is 0.376. The molecular weight excluding hydrogens is 212 g/mol. The van der Waals surface area contributed by atoms with Crippen LogP contribution in [0, 0.1) is 17.2 Å². The summed E-state index contributed by atoms with van der Waals surface area (Å²) in [6, 6.07) is 10.3. The fraction of sp³-hybridized carbons (Fsp3) is 0.500. The van der Waals surface area contributed by atoms with Crippen molar-refractivity contribution in [2.45, 2.75) is 31.4 Å². The van der Waals surface area contributed by atoms with Gasteiger partial charge in [0, 0.05) is 12.3 Å². The van der Waals surface area contributed by atoms with E-state index in [-0.39, 0.29) is 0 Å². The van der Waals surface area contributed by atoms with E-state index in [4.69, 9.17) is 10.00 Å². The van der Waals surface area contributed by atoms with Gasteiger partial charge in [-0.15, -0.1) is 0 Å². The number of ether oxygens (including phenoxy) is 1. The van der Waals surface area contributed by atoms with Gasteiger partial charge in [0.2, 0.25) is 0 Å². The van der Waals surface area contributed by atoms with E-state index in [9.17, 15) is 0 Å². The van der Waals surface area contributed by atoms with E-state index in [1.165, 1.54) is 12.8 Å². The molecule has 1 heterocycles. The van der Waals surface area contributed by atoms with Crippen LogP contribution in [0.3, 0.4) is 0 Å². The molecule has 3 rings (SSSR count). The highest BCUT2D eigenvalue weighted by Crippen LogP contribution is 2.39. The molecule has 2 unspecified atom stereocenters. The van der Waals surface area contributed by atoms with Crippen molar-refractivity contribution in [2.75, 3.05) is 11.9 Å². The molecule has 0 amide bonds. The van der Waals surface area contributed by atoms with E-state index >= 15 is 0 Å². The van der Waals surface area contributed by atoms with Gasteiger partial charge >= 0.3 is 0 Å². The number of rotatable bonds is 3. The van der Waals surface area contributed by atoms with Gasteiger partial charge in [0.1, 0.15) is 0 Å². The number of benzene rings is 1. The van der Waals surface area contributed by atoms with Gasteiger partial charge in [-0.25, -0.2) is 0 Å². The molecule has 3 nitrogen and oxygen atoms in total. The minimum absolute atomic E-state index is 0.376. The second-order valence-electron chi connectivity index (χ2n) is 4.90. The van der Waals surface area contributed by atoms with Crippen molar-refractivity contribution in [3.63, 3.8) is 0 Å². The Hall–Kier alpha value is -1.53. The molecule has 17 heavy (non-hydrogen) atoms. The van der Waals surface area contributed by atoms with Gasteiger partial charge in [-0.2, -0.15) is 5.26 Å². The second-order valence-corrected chi connectivity index (χ2v) is 4.90. The zero-order valence-corrected chi connectivity index (χ0v) is 9.73. The molecule has 1 saturated heterocycles. The molecule has 88 valence electrons. The van der Waals surface area contributed by atoms with Crippen molar-refractivity contribution in [3.8, 4) is 6.07 Å². The fourth-order valence-electron chi connectivity index (χ4n) is 2.55. The molecule has 1 aliphatic heterocycles. The molecule has 0 radical (unpaired) electrons. The first kappa shape index (κ1) is 10.6. The highest BCUT2D eigenvalue weighted by molar-refractivity contribution is 5.50. The number of nitriles is 1. The average molecular weight is 228 g/mol. The van der Waals surface area contributed by atoms with Crippen molar-refractivity contribution < 1.29 is 4.74 Å². The van der Waals surface area contributed by atoms with E-state index in [2.05, 4.69) is 11.4 Å². The van der Waals surface area contributed by atoms with Crippen LogP contribution in [-0.4, -0.2) is 18.8 Å². The Morgan fingerprint density at radius 3 is 2.94 bits per heavy atom. The van der Waals surface area contributed by atoms with E-state index in [1.54, 1.807) is 0 Å². The molecule has 2 atom stereocenters. The largest absolute Gasteiger partial charge is 0.380 e. The lowest BCUT2D eigenvalue weighted by molar-refractivity contribution is 0.0898. The number of anilines is 1. The van der Waals surface area contributed by atoms with Crippen LogP contribution in [0.4, 0.5) is 5.69 Å². The van der Waals surface area contributed by atoms with Crippen LogP contribution in [0.15, 0.2) is 24.3 Å². The normalized spacial score (nSPS) is 27.7. The summed E-state index contributed by atoms with van der Waals surface area (Å²) < 4.78 is 5.79. The first-order valence-electron chi connectivity index (χ1n) is 6.25. The summed E-state index contributed by atoms with van der Waals surface area (Å²) in [4.78, 5) is 0. The third kappa shape index (κ3) is 2.27. The van der Waals surface area contributed by atoms with Crippen LogP contribution in [0.2, 0.25) is 0 Å². The van der Waals surface area contributed by atoms with Gasteiger partial charge in [-0.1, -0.05) is 6.07 Å². The third-order valence-electron chi connectivity index (χ3n) is 3.57. The first-order chi connectivity index (χ1) is 8.36. The summed E-state index contributed by atoms with van der Waals surface area (Å²) in [5, 5.41) is 12.4. The standard InChI is InChI=1S/C14H16N2O/c15-9-10-2-1-3-12(8-10)16-13-6-7-17-14(13)11-4-5-11/h1-3,8,11,13-14,16H,4-7H2. The van der Waals surface area contributed by atoms with Gasteiger partial charge in [0.25, 0.3) is 0 Å². The van der Waals surface area contributed by atoms with Gasteiger partial charge in [0.05, 0.1) is 23.8 Å². The Kier molecular flexibility index (Phi) is 2.74. The maximum absolute atomic E-state index is 8.87. The fourth-order valence-corrected chi connectivity index (χ4v) is 2.55. The van der Waals surface area contributed by atoms with Crippen LogP contribution in [0.1, 0.15) is 24.8 Å². The monoisotopic (exact) mass is 228 g/mol. The van der Waals surface area contributed by atoms with E-state index in [0.29, 0.717) is 17.7 Å². The first-order valence-corrected chi connectivity index (χ1v) is 6.25. The number of nitrogens with one attached hydrogen (secondary N) is 1. The Balaban J connectivity index is 1.71. The topological polar surface area (TPSA) is 45.0 Å². The smallest absolute Gasteiger partial charge is 0.0992 e. The van der Waals surface area contributed by atoms with Crippen molar-refractivity contribution in [3.05, 3.63) is 29.8 Å². The molecule has 2 aliphatic rings. The molecule has 1 aliphatic carbocycles. The summed E-state index contributed by atoms with van der Waals surface area (Å²) in [5.74, 6) is 0.758. The average Bonchev–Trinajstić information content (AvgIpc) is 3.11. The van der Waals surface area contributed by atoms with Crippen LogP contribution < -0.4 is 5.32 Å². The van der Waals surface area contributed by atoms with Crippen molar-refractivity contribution >= 4 is 5.69 Å². The summed E-state index contributed by atoms with van der Waals surface area (Å²) >= 11 is 0. The van der Waals surface area contributed by atoms with Gasteiger partial charge in [-0.05, 0) is 43.4 Å². The highest BCUT2D eigenvalue weighted by atomic mass is 16.5. The van der Waals surface area contributed by atoms with E-state index < -0.39 is 0 Å². The molecule has 1 aromatic carbocycles. The molecule has 3 heteroatoms. The zero-order chi connectivity index (χ0) is 11.7. The van der Waals surface area contributed by atoms with Crippen molar-refractivity contribution in [1.29, 1.82) is 5.26 Å². The zero-order valence-electron chi connectivity index (χ0n) is 9.73. The molecule has 2 fully saturated rings. The lowest BCUT2D eigenvalue weighted by atomic mass is 10.1. The molecule has 1 aromatic rings. The molecule has 0 bridgehead atoms. The summed E-state index contributed by atoms with van der Waals surface area (Å²) in [6.07, 6.45) is 4.06. The van der Waals surface area contributed by atoms with E-state index in [1.807, 2.05) is 24.3 Å². The van der Waals surface area contributed by atoms with E-state index in [0.717, 1.165) is 24.6 Å². The molecule has 0 spiro atoms. The van der Waals surface area contributed by atoms with Crippen molar-refractivity contribution in [1.82, 2.24) is 0 Å². The molecule has 1 saturated carbocycles. The molecular formula is C14H16N2O. The maximum atomic E-state index is 8.87. The van der Waals surface area contributed by atoms with Gasteiger partial charge < -0.3 is 10.1 Å². The van der Waals surface area contributed by atoms with Crippen LogP contribution >= 0.6 is 0 Å². The Bertz CT molecular complexity index is 448. The van der Waals surface area contributed by atoms with Gasteiger partial charge in [0.15, 0.2) is 0 Å². The molecule has 0 aromatic heterocycles. The van der Waals surface area contributed by atoms with Crippen molar-refractivity contribution in [2.24, 2.45) is 5.92 Å². The van der Waals surface area contributed by atoms with Crippen LogP contribution in [0.25, 0.3) is 0 Å². The Morgan fingerprint density at radius 1 is 1.29 bits per heavy atom. The predicted molar refractivity (Wildman–Crippen MR) is 65.6 cm³/mol. The lowest BCUT2D eigenvalue weighted by Gasteiger charge is -2.20. The summed E-state index contributed by atoms with van der Waals surface area (Å²) in [6.45, 7) is 0.858. The van der Waals surface area contributed by atoms with Crippen LogP contribution in [-0.2, 0) is 4.74 Å². The minimum Gasteiger partial charge on any atom is -0.380 e. The maximum Gasteiger partial charge on any atom is 0.0992 e. The highest BCUT2D eigenvalue weighted by Gasteiger charge is 2.40. The van der Waals surface area contributed by atoms with Gasteiger partial charge in [-0.3, -0.25) is 0 Å². The molecule has 1 N–H and O–H groups in total. The Morgan fingerprint density at radius 2 is 2.18 bits per heavy atom. The predicted octanol–water partition coefficient (Wildman–Crippen LogP) is 2.54. The SMILES string of the molecule is N#Cc1cccc(NC2CCOC2C2CC2)c1. The second kappa shape index (κ2) is 4.38. The number of hydrogen-bond acceptors (Lipinski definition) is 3. The lowest BCUT2D eigenvalue weighted by Crippen LogP contribution is -2.30. The quantitative estimate of drug-likeness (QED) is 0.864. The van der Waals surface area contributed by atoms with Crippen LogP contribution in [0.5, 0.6) is 0 Å². The summed E-state index contributed by atoms with van der Waals surface area (Å²) in [7, 11) is 0. The number of hydrogen-bond donors (Lipinski definition) is 1. The third-order valence-corrected chi connectivity index (χ3v) is 3.57.